The van der Waals surface area contributed by atoms with E-state index in [1.54, 1.807) is 4.90 Å². The first kappa shape index (κ1) is 24.3. The van der Waals surface area contributed by atoms with Crippen LogP contribution in [-0.4, -0.2) is 42.0 Å². The van der Waals surface area contributed by atoms with E-state index in [0.717, 1.165) is 54.1 Å². The lowest BCUT2D eigenvalue weighted by molar-refractivity contribution is 0.186. The van der Waals surface area contributed by atoms with Crippen LogP contribution < -0.4 is 32.0 Å². The summed E-state index contributed by atoms with van der Waals surface area (Å²) < 4.78 is 0. The summed E-state index contributed by atoms with van der Waals surface area (Å²) in [5, 5.41) is 18.3. The van der Waals surface area contributed by atoms with Crippen LogP contribution in [0.5, 0.6) is 0 Å². The fraction of sp³-hybridized carbons (Fsp3) is 0.538. The van der Waals surface area contributed by atoms with E-state index in [1.807, 2.05) is 18.3 Å². The van der Waals surface area contributed by atoms with Crippen molar-refractivity contribution in [3.63, 3.8) is 0 Å². The molecule has 8 nitrogen and oxygen atoms in total. The van der Waals surface area contributed by atoms with Gasteiger partial charge in [0.1, 0.15) is 5.49 Å². The molecular formula is C26H39N7O. The molecule has 0 spiro atoms. The van der Waals surface area contributed by atoms with Crippen molar-refractivity contribution >= 4 is 17.8 Å². The molecule has 6 N–H and O–H groups in total. The summed E-state index contributed by atoms with van der Waals surface area (Å²) in [7, 11) is 0. The second kappa shape index (κ2) is 10.2. The van der Waals surface area contributed by atoms with Gasteiger partial charge in [-0.1, -0.05) is 32.9 Å². The number of nitrogens with one attached hydrogen (secondary N) is 3. The van der Waals surface area contributed by atoms with E-state index in [-0.39, 0.29) is 11.5 Å². The first-order valence-corrected chi connectivity index (χ1v) is 12.3. The van der Waals surface area contributed by atoms with Gasteiger partial charge in [0.25, 0.3) is 0 Å². The van der Waals surface area contributed by atoms with Crippen molar-refractivity contribution in [3.05, 3.63) is 52.3 Å². The van der Waals surface area contributed by atoms with Gasteiger partial charge in [0.15, 0.2) is 5.96 Å². The van der Waals surface area contributed by atoms with Crippen LogP contribution in [0.25, 0.3) is 6.20 Å². The van der Waals surface area contributed by atoms with E-state index < -0.39 is 6.35 Å². The number of aliphatic hydroxyl groups excluding tert-OH is 1. The fourth-order valence-corrected chi connectivity index (χ4v) is 3.93. The zero-order valence-electron chi connectivity index (χ0n) is 20.8. The maximum Gasteiger partial charge on any atom is 0.231 e. The molecule has 184 valence electrons. The minimum atomic E-state index is -0.951. The van der Waals surface area contributed by atoms with Gasteiger partial charge >= 0.3 is 0 Å². The lowest BCUT2D eigenvalue weighted by Gasteiger charge is -2.25. The maximum atomic E-state index is 10.6. The highest BCUT2D eigenvalue weighted by Gasteiger charge is 2.21. The maximum absolute atomic E-state index is 10.6. The number of fused-ring (bicyclic) bond motifs is 1. The van der Waals surface area contributed by atoms with Gasteiger partial charge in [-0.25, -0.2) is 4.99 Å². The number of nitrogens with two attached hydrogens (primary N) is 1. The Morgan fingerprint density at radius 1 is 1.26 bits per heavy atom. The van der Waals surface area contributed by atoms with Crippen LogP contribution in [-0.2, 0) is 5.41 Å². The first-order chi connectivity index (χ1) is 16.2. The summed E-state index contributed by atoms with van der Waals surface area (Å²) in [6.07, 6.45) is 4.56. The second-order valence-electron chi connectivity index (χ2n) is 10.5. The molecule has 2 atom stereocenters. The summed E-state index contributed by atoms with van der Waals surface area (Å²) in [6, 6.07) is 10.6. The third kappa shape index (κ3) is 6.18. The number of anilines is 1. The first-order valence-electron chi connectivity index (χ1n) is 12.3. The molecule has 2 aromatic rings. The number of aliphatic imine (C=N–C) groups is 1. The van der Waals surface area contributed by atoms with Gasteiger partial charge < -0.3 is 31.4 Å². The standard InChI is InChI=1S/C26H39N7O/c1-17(28-12-5-13-29-24(27)30-15-18-6-7-18)19-8-10-21(11-9-19)33-16-20-14-22(26(2,3)4)31-23(20)32-25(33)34/h8-11,14,16-18,25,28,34H,5-7,12-13,15H2,1-4H3,(H,31,32)(H3,27,29,30)/t17-,25?/m0/s1. The van der Waals surface area contributed by atoms with Crippen LogP contribution in [0.2, 0.25) is 0 Å². The largest absolute Gasteiger partial charge is 0.370 e. The van der Waals surface area contributed by atoms with Crippen molar-refractivity contribution in [2.45, 2.75) is 64.8 Å². The molecule has 0 saturated heterocycles. The van der Waals surface area contributed by atoms with Crippen LogP contribution in [0.3, 0.4) is 0 Å². The van der Waals surface area contributed by atoms with Crippen molar-refractivity contribution in [3.8, 4) is 0 Å². The highest BCUT2D eigenvalue weighted by molar-refractivity contribution is 5.77. The predicted octanol–water partition coefficient (Wildman–Crippen LogP) is 1.82. The molecule has 34 heavy (non-hydrogen) atoms. The summed E-state index contributed by atoms with van der Waals surface area (Å²) >= 11 is 0. The molecule has 0 bridgehead atoms. The molecule has 2 aliphatic rings. The summed E-state index contributed by atoms with van der Waals surface area (Å²) in [6.45, 7) is 11.2. The topological polar surface area (TPSA) is 114 Å². The Kier molecular flexibility index (Phi) is 7.28. The van der Waals surface area contributed by atoms with Gasteiger partial charge in [0.2, 0.25) is 6.35 Å². The summed E-state index contributed by atoms with van der Waals surface area (Å²) in [4.78, 5) is 14.0. The van der Waals surface area contributed by atoms with Gasteiger partial charge in [-0.05, 0) is 62.4 Å². The third-order valence-corrected chi connectivity index (χ3v) is 6.42. The molecule has 8 heteroatoms. The molecule has 1 aliphatic carbocycles. The third-order valence-electron chi connectivity index (χ3n) is 6.42. The lowest BCUT2D eigenvalue weighted by atomic mass is 9.92. The molecular weight excluding hydrogens is 426 g/mol. The van der Waals surface area contributed by atoms with E-state index in [9.17, 15) is 5.11 Å². The Hall–Kier alpha value is -2.84. The van der Waals surface area contributed by atoms with Crippen molar-refractivity contribution in [1.29, 1.82) is 0 Å². The Labute approximate surface area is 202 Å². The van der Waals surface area contributed by atoms with Crippen LogP contribution >= 0.6 is 0 Å². The number of rotatable bonds is 9. The normalized spacial score (nSPS) is 19.3. The zero-order chi connectivity index (χ0) is 24.3. The molecule has 1 fully saturated rings. The quantitative estimate of drug-likeness (QED) is 0.220. The summed E-state index contributed by atoms with van der Waals surface area (Å²) in [5.74, 6) is 1.31. The van der Waals surface area contributed by atoms with Crippen LogP contribution in [0, 0.1) is 5.92 Å². The number of aromatic nitrogens is 1. The average molecular weight is 466 g/mol. The Bertz CT molecular complexity index is 1110. The number of aromatic amines is 1. The number of benzene rings is 1. The number of guanidine groups is 1. The van der Waals surface area contributed by atoms with Crippen molar-refractivity contribution in [2.24, 2.45) is 21.6 Å². The van der Waals surface area contributed by atoms with E-state index in [1.165, 1.54) is 18.4 Å². The Morgan fingerprint density at radius 3 is 2.68 bits per heavy atom. The molecule has 1 unspecified atom stereocenters. The molecule has 2 heterocycles. The molecule has 0 radical (unpaired) electrons. The van der Waals surface area contributed by atoms with Gasteiger partial charge in [-0.2, -0.15) is 0 Å². The minimum absolute atomic E-state index is 0.00638. The van der Waals surface area contributed by atoms with Gasteiger partial charge in [0.05, 0.1) is 0 Å². The van der Waals surface area contributed by atoms with E-state index in [2.05, 4.69) is 71.5 Å². The highest BCUT2D eigenvalue weighted by Crippen LogP contribution is 2.28. The highest BCUT2D eigenvalue weighted by atomic mass is 16.3. The van der Waals surface area contributed by atoms with E-state index in [0.29, 0.717) is 5.96 Å². The van der Waals surface area contributed by atoms with Crippen LogP contribution in [0.4, 0.5) is 5.69 Å². The predicted molar refractivity (Wildman–Crippen MR) is 138 cm³/mol. The molecule has 0 amide bonds. The number of aliphatic hydroxyl groups is 1. The summed E-state index contributed by atoms with van der Waals surface area (Å²) in [5.41, 5.74) is 9.83. The van der Waals surface area contributed by atoms with Crippen LogP contribution in [0.1, 0.15) is 64.3 Å². The monoisotopic (exact) mass is 465 g/mol. The van der Waals surface area contributed by atoms with E-state index >= 15 is 0 Å². The van der Waals surface area contributed by atoms with Gasteiger partial charge in [-0.3, -0.25) is 4.99 Å². The van der Waals surface area contributed by atoms with Crippen molar-refractivity contribution in [2.75, 3.05) is 24.5 Å². The molecule has 1 aromatic heterocycles. The fourth-order valence-electron chi connectivity index (χ4n) is 3.93. The molecule has 1 aromatic carbocycles. The zero-order valence-corrected chi connectivity index (χ0v) is 20.8. The molecule has 1 saturated carbocycles. The van der Waals surface area contributed by atoms with E-state index in [4.69, 9.17) is 5.73 Å². The Balaban J connectivity index is 1.29. The smallest absolute Gasteiger partial charge is 0.231 e. The van der Waals surface area contributed by atoms with Crippen molar-refractivity contribution < 1.29 is 5.11 Å². The van der Waals surface area contributed by atoms with Gasteiger partial charge in [-0.15, -0.1) is 0 Å². The molecule has 4 rings (SSSR count). The number of hydrogen-bond donors (Lipinski definition) is 5. The SMILES string of the molecule is C[C@H](NCCCN/C(N)=N\CC1CC1)c1ccc(N2C=c3cc(C(C)(C)C)[nH]c3=NC2O)cc1. The molecule has 1 aliphatic heterocycles. The van der Waals surface area contributed by atoms with Gasteiger partial charge in [0, 0.05) is 47.3 Å². The Morgan fingerprint density at radius 2 is 2.00 bits per heavy atom. The number of hydrogen-bond acceptors (Lipinski definition) is 5. The van der Waals surface area contributed by atoms with Crippen LogP contribution in [0.15, 0.2) is 40.3 Å². The average Bonchev–Trinajstić information content (AvgIpc) is 3.53. The van der Waals surface area contributed by atoms with Crippen molar-refractivity contribution in [1.82, 2.24) is 15.6 Å². The second-order valence-corrected chi connectivity index (χ2v) is 10.5. The lowest BCUT2D eigenvalue weighted by Crippen LogP contribution is -2.41. The minimum Gasteiger partial charge on any atom is -0.370 e. The number of nitrogens with zero attached hydrogens (tertiary/aromatic N) is 3. The number of H-pyrrole nitrogens is 1.